The average molecular weight is 487 g/mol. The molecule has 3 aromatic heterocycles. The molecular weight excluding hydrogens is 466 g/mol. The van der Waals surface area contributed by atoms with E-state index in [1.54, 1.807) is 50.5 Å². The molecule has 0 fully saturated rings. The van der Waals surface area contributed by atoms with E-state index in [0.29, 0.717) is 22.2 Å². The number of rotatable bonds is 6. The number of nitrogens with zero attached hydrogens (tertiary/aromatic N) is 4. The molecule has 0 saturated heterocycles. The van der Waals surface area contributed by atoms with E-state index in [4.69, 9.17) is 17.3 Å². The van der Waals surface area contributed by atoms with E-state index in [1.807, 2.05) is 0 Å². The van der Waals surface area contributed by atoms with Gasteiger partial charge in [0.2, 0.25) is 5.95 Å². The van der Waals surface area contributed by atoms with Crippen LogP contribution in [-0.2, 0) is 6.54 Å². The first-order valence-corrected chi connectivity index (χ1v) is 10.7. The van der Waals surface area contributed by atoms with Crippen LogP contribution >= 0.6 is 11.6 Å². The predicted octanol–water partition coefficient (Wildman–Crippen LogP) is 3.21. The quantitative estimate of drug-likeness (QED) is 0.433. The molecule has 11 heteroatoms. The molecule has 3 N–H and O–H groups in total. The number of aromatic nitrogens is 4. The molecule has 4 rings (SSSR count). The first-order chi connectivity index (χ1) is 16.1. The normalized spacial score (nSPS) is 11.7. The molecule has 4 aromatic rings. The molecule has 0 radical (unpaired) electrons. The summed E-state index contributed by atoms with van der Waals surface area (Å²) in [5, 5.41) is 3.27. The van der Waals surface area contributed by atoms with Crippen LogP contribution in [0.15, 0.2) is 58.4 Å². The maximum absolute atomic E-state index is 14.3. The molecule has 0 unspecified atom stereocenters. The van der Waals surface area contributed by atoms with Crippen LogP contribution in [0.1, 0.15) is 5.56 Å². The van der Waals surface area contributed by atoms with Crippen molar-refractivity contribution in [1.82, 2.24) is 19.1 Å². The van der Waals surface area contributed by atoms with E-state index < -0.39 is 24.6 Å². The second-order valence-electron chi connectivity index (χ2n) is 7.76. The standard InChI is InChI=1S/C23H21ClF2N6O2/c1-13-4-3-7-31(20(13)33)15-5-6-16(18(24)9-15)17-8-14-10-29-22(28-2)30-19(14)32(21(17)34)12-23(25,26)11-27/h3-10H,11-12,27H2,1-2H3,(H,28,29,30). The maximum Gasteiger partial charge on any atom is 0.277 e. The van der Waals surface area contributed by atoms with Crippen molar-refractivity contribution in [3.05, 3.63) is 80.1 Å². The highest BCUT2D eigenvalue weighted by molar-refractivity contribution is 6.33. The number of nitrogens with two attached hydrogens (primary N) is 1. The molecule has 0 amide bonds. The molecule has 0 aliphatic heterocycles. The topological polar surface area (TPSA) is 108 Å². The number of pyridine rings is 2. The van der Waals surface area contributed by atoms with Gasteiger partial charge in [-0.3, -0.25) is 18.7 Å². The summed E-state index contributed by atoms with van der Waals surface area (Å²) in [6.07, 6.45) is 3.04. The minimum atomic E-state index is -3.33. The van der Waals surface area contributed by atoms with Crippen LogP contribution in [0.5, 0.6) is 0 Å². The zero-order valence-electron chi connectivity index (χ0n) is 18.3. The van der Waals surface area contributed by atoms with Crippen LogP contribution in [0.4, 0.5) is 14.7 Å². The molecular formula is C23H21ClF2N6O2. The van der Waals surface area contributed by atoms with Crippen LogP contribution in [0.25, 0.3) is 27.8 Å². The lowest BCUT2D eigenvalue weighted by molar-refractivity contribution is -0.00645. The molecule has 0 spiro atoms. The smallest absolute Gasteiger partial charge is 0.277 e. The minimum Gasteiger partial charge on any atom is -0.357 e. The number of benzene rings is 1. The second-order valence-corrected chi connectivity index (χ2v) is 8.17. The Morgan fingerprint density at radius 3 is 2.59 bits per heavy atom. The van der Waals surface area contributed by atoms with Crippen LogP contribution in [0.2, 0.25) is 5.02 Å². The maximum atomic E-state index is 14.3. The van der Waals surface area contributed by atoms with Gasteiger partial charge < -0.3 is 11.1 Å². The fraction of sp³-hybridized carbons (Fsp3) is 0.217. The van der Waals surface area contributed by atoms with Crippen molar-refractivity contribution in [2.24, 2.45) is 5.73 Å². The first kappa shape index (κ1) is 23.5. The Labute approximate surface area is 197 Å². The highest BCUT2D eigenvalue weighted by Crippen LogP contribution is 2.30. The van der Waals surface area contributed by atoms with E-state index in [9.17, 15) is 18.4 Å². The second kappa shape index (κ2) is 8.96. The van der Waals surface area contributed by atoms with Gasteiger partial charge in [0.15, 0.2) is 0 Å². The van der Waals surface area contributed by atoms with Crippen molar-refractivity contribution in [3.63, 3.8) is 0 Å². The average Bonchev–Trinajstić information content (AvgIpc) is 2.82. The number of halogens is 3. The van der Waals surface area contributed by atoms with Crippen LogP contribution in [-0.4, -0.2) is 38.6 Å². The number of aryl methyl sites for hydroxylation is 1. The van der Waals surface area contributed by atoms with Gasteiger partial charge in [-0.05, 0) is 31.2 Å². The summed E-state index contributed by atoms with van der Waals surface area (Å²) in [5.41, 5.74) is 5.81. The zero-order chi connectivity index (χ0) is 24.6. The molecule has 0 aliphatic rings. The van der Waals surface area contributed by atoms with Crippen molar-refractivity contribution in [3.8, 4) is 16.8 Å². The molecule has 3 heterocycles. The summed E-state index contributed by atoms with van der Waals surface area (Å²) in [6, 6.07) is 9.69. The Balaban J connectivity index is 1.92. The third-order valence-electron chi connectivity index (χ3n) is 5.40. The van der Waals surface area contributed by atoms with Crippen molar-refractivity contribution in [1.29, 1.82) is 0 Å². The lowest BCUT2D eigenvalue weighted by Crippen LogP contribution is -2.37. The van der Waals surface area contributed by atoms with E-state index >= 15 is 0 Å². The highest BCUT2D eigenvalue weighted by atomic mass is 35.5. The first-order valence-electron chi connectivity index (χ1n) is 10.3. The van der Waals surface area contributed by atoms with Crippen LogP contribution < -0.4 is 22.2 Å². The number of hydrogen-bond acceptors (Lipinski definition) is 6. The van der Waals surface area contributed by atoms with E-state index in [2.05, 4.69) is 15.3 Å². The molecule has 0 bridgehead atoms. The van der Waals surface area contributed by atoms with Gasteiger partial charge in [-0.2, -0.15) is 4.98 Å². The molecule has 34 heavy (non-hydrogen) atoms. The lowest BCUT2D eigenvalue weighted by atomic mass is 10.0. The molecule has 0 atom stereocenters. The number of fused-ring (bicyclic) bond motifs is 1. The van der Waals surface area contributed by atoms with Gasteiger partial charge >= 0.3 is 0 Å². The van der Waals surface area contributed by atoms with E-state index in [0.717, 1.165) is 4.57 Å². The molecule has 0 saturated carbocycles. The van der Waals surface area contributed by atoms with Crippen LogP contribution in [0, 0.1) is 6.92 Å². The van der Waals surface area contributed by atoms with Gasteiger partial charge in [0.1, 0.15) is 5.65 Å². The van der Waals surface area contributed by atoms with Gasteiger partial charge in [0.05, 0.1) is 23.8 Å². The summed E-state index contributed by atoms with van der Waals surface area (Å²) >= 11 is 6.52. The van der Waals surface area contributed by atoms with Crippen molar-refractivity contribution in [2.75, 3.05) is 18.9 Å². The van der Waals surface area contributed by atoms with Gasteiger partial charge in [-0.15, -0.1) is 0 Å². The lowest BCUT2D eigenvalue weighted by Gasteiger charge is -2.19. The summed E-state index contributed by atoms with van der Waals surface area (Å²) < 4.78 is 30.8. The van der Waals surface area contributed by atoms with Gasteiger partial charge in [0, 0.05) is 41.5 Å². The van der Waals surface area contributed by atoms with Gasteiger partial charge in [-0.1, -0.05) is 23.7 Å². The number of anilines is 1. The molecule has 1 aromatic carbocycles. The Bertz CT molecular complexity index is 1520. The largest absolute Gasteiger partial charge is 0.357 e. The Hall–Kier alpha value is -3.63. The Morgan fingerprint density at radius 2 is 1.91 bits per heavy atom. The van der Waals surface area contributed by atoms with Crippen molar-refractivity contribution >= 4 is 28.6 Å². The fourth-order valence-corrected chi connectivity index (χ4v) is 3.87. The van der Waals surface area contributed by atoms with Gasteiger partial charge in [0.25, 0.3) is 17.0 Å². The molecule has 0 aliphatic carbocycles. The summed E-state index contributed by atoms with van der Waals surface area (Å²) in [6.45, 7) is -0.192. The minimum absolute atomic E-state index is 0.0419. The summed E-state index contributed by atoms with van der Waals surface area (Å²) in [4.78, 5) is 34.2. The molecule has 8 nitrogen and oxygen atoms in total. The number of hydrogen-bond donors (Lipinski definition) is 2. The van der Waals surface area contributed by atoms with E-state index in [1.165, 1.54) is 16.8 Å². The SMILES string of the molecule is CNc1ncc2cc(-c3ccc(-n4cccc(C)c4=O)cc3Cl)c(=O)n(CC(F)(F)CN)c2n1. The summed E-state index contributed by atoms with van der Waals surface area (Å²) in [5.74, 6) is -3.16. The van der Waals surface area contributed by atoms with Gasteiger partial charge in [-0.25, -0.2) is 13.8 Å². The number of alkyl halides is 2. The Kier molecular flexibility index (Phi) is 6.20. The van der Waals surface area contributed by atoms with Crippen LogP contribution in [0.3, 0.4) is 0 Å². The fourth-order valence-electron chi connectivity index (χ4n) is 3.59. The zero-order valence-corrected chi connectivity index (χ0v) is 19.1. The monoisotopic (exact) mass is 486 g/mol. The molecule has 176 valence electrons. The highest BCUT2D eigenvalue weighted by Gasteiger charge is 2.30. The predicted molar refractivity (Wildman–Crippen MR) is 128 cm³/mol. The van der Waals surface area contributed by atoms with Crippen molar-refractivity contribution < 1.29 is 8.78 Å². The summed E-state index contributed by atoms with van der Waals surface area (Å²) in [7, 11) is 1.58. The third-order valence-corrected chi connectivity index (χ3v) is 5.71. The van der Waals surface area contributed by atoms with Crippen molar-refractivity contribution in [2.45, 2.75) is 19.4 Å². The number of nitrogens with one attached hydrogen (secondary N) is 1. The Morgan fingerprint density at radius 1 is 1.15 bits per heavy atom. The van der Waals surface area contributed by atoms with E-state index in [-0.39, 0.29) is 27.7 Å². The third kappa shape index (κ3) is 4.29.